The number of nitriles is 1. The van der Waals surface area contributed by atoms with Gasteiger partial charge in [0.2, 0.25) is 0 Å². The van der Waals surface area contributed by atoms with Gasteiger partial charge in [-0.3, -0.25) is 0 Å². The molecule has 0 aliphatic carbocycles. The Kier molecular flexibility index (Phi) is 8.16. The molecule has 0 amide bonds. The largest absolute Gasteiger partial charge is 0.493 e. The van der Waals surface area contributed by atoms with Gasteiger partial charge >= 0.3 is 0 Å². The van der Waals surface area contributed by atoms with Crippen molar-refractivity contribution in [3.63, 3.8) is 0 Å². The molecule has 3 nitrogen and oxygen atoms in total. The van der Waals surface area contributed by atoms with Crippen molar-refractivity contribution in [3.8, 4) is 17.6 Å². The molecule has 158 valence electrons. The number of allylic oxidation sites excluding steroid dienone is 1. The molecule has 0 heterocycles. The van der Waals surface area contributed by atoms with Gasteiger partial charge in [0.1, 0.15) is 6.61 Å². The normalized spacial score (nSPS) is 11.2. The van der Waals surface area contributed by atoms with Gasteiger partial charge in [-0.1, -0.05) is 58.5 Å². The molecule has 0 saturated heterocycles. The van der Waals surface area contributed by atoms with Crippen molar-refractivity contribution in [2.75, 3.05) is 7.11 Å². The van der Waals surface area contributed by atoms with Crippen LogP contribution in [0.15, 0.2) is 53.0 Å². The van der Waals surface area contributed by atoms with Crippen LogP contribution in [0.25, 0.3) is 11.6 Å². The molecule has 0 aliphatic rings. The number of methoxy groups -OCH3 is 1. The number of hydrogen-bond acceptors (Lipinski definition) is 3. The molecule has 3 aromatic carbocycles. The summed E-state index contributed by atoms with van der Waals surface area (Å²) in [4.78, 5) is 0. The van der Waals surface area contributed by atoms with E-state index >= 15 is 0 Å². The molecule has 0 N–H and O–H groups in total. The van der Waals surface area contributed by atoms with Gasteiger partial charge in [-0.2, -0.15) is 5.26 Å². The SMILES string of the molecule is COc1cc(/C=C(\C#N)c2ccc(Cl)cc2Cl)cc(Br)c1OCc1ccc(Cl)cc1Cl. The first-order valence-corrected chi connectivity index (χ1v) is 11.1. The predicted molar refractivity (Wildman–Crippen MR) is 131 cm³/mol. The Bertz CT molecular complexity index is 1200. The lowest BCUT2D eigenvalue weighted by atomic mass is 10.0. The lowest BCUT2D eigenvalue weighted by Gasteiger charge is -2.14. The molecular formula is C23H14BrCl4NO2. The molecule has 0 aromatic heterocycles. The minimum Gasteiger partial charge on any atom is -0.493 e. The van der Waals surface area contributed by atoms with Crippen molar-refractivity contribution in [1.29, 1.82) is 5.26 Å². The van der Waals surface area contributed by atoms with Gasteiger partial charge in [0.05, 0.1) is 28.2 Å². The minimum absolute atomic E-state index is 0.226. The van der Waals surface area contributed by atoms with Crippen LogP contribution in [0, 0.1) is 11.3 Å². The fourth-order valence-electron chi connectivity index (χ4n) is 2.80. The second-order valence-corrected chi connectivity index (χ2v) is 8.89. The number of benzene rings is 3. The van der Waals surface area contributed by atoms with Crippen LogP contribution in [-0.4, -0.2) is 7.11 Å². The van der Waals surface area contributed by atoms with Crippen molar-refractivity contribution < 1.29 is 9.47 Å². The Morgan fingerprint density at radius 1 is 1.00 bits per heavy atom. The van der Waals surface area contributed by atoms with E-state index < -0.39 is 0 Å². The fraction of sp³-hybridized carbons (Fsp3) is 0.0870. The summed E-state index contributed by atoms with van der Waals surface area (Å²) in [5.74, 6) is 0.999. The van der Waals surface area contributed by atoms with E-state index in [-0.39, 0.29) is 6.61 Å². The molecule has 0 bridgehead atoms. The monoisotopic (exact) mass is 555 g/mol. The van der Waals surface area contributed by atoms with E-state index in [1.807, 2.05) is 6.07 Å². The van der Waals surface area contributed by atoms with E-state index in [1.54, 1.807) is 55.7 Å². The molecule has 0 saturated carbocycles. The summed E-state index contributed by atoms with van der Waals surface area (Å²) in [6.07, 6.45) is 1.71. The van der Waals surface area contributed by atoms with Crippen molar-refractivity contribution >= 4 is 74.0 Å². The highest BCUT2D eigenvalue weighted by Gasteiger charge is 2.14. The van der Waals surface area contributed by atoms with Gasteiger partial charge in [-0.05, 0) is 64.0 Å². The van der Waals surface area contributed by atoms with Crippen LogP contribution in [0.1, 0.15) is 16.7 Å². The van der Waals surface area contributed by atoms with E-state index in [4.69, 9.17) is 55.9 Å². The maximum absolute atomic E-state index is 9.64. The summed E-state index contributed by atoms with van der Waals surface area (Å²) >= 11 is 27.9. The van der Waals surface area contributed by atoms with Crippen LogP contribution in [0.4, 0.5) is 0 Å². The zero-order valence-corrected chi connectivity index (χ0v) is 20.7. The third-order valence-corrected chi connectivity index (χ3v) is 6.02. The Morgan fingerprint density at radius 2 is 1.68 bits per heavy atom. The Morgan fingerprint density at radius 3 is 2.29 bits per heavy atom. The van der Waals surface area contributed by atoms with Crippen molar-refractivity contribution in [2.24, 2.45) is 0 Å². The highest BCUT2D eigenvalue weighted by Crippen LogP contribution is 2.39. The molecule has 0 spiro atoms. The molecule has 8 heteroatoms. The first kappa shape index (κ1) is 23.8. The van der Waals surface area contributed by atoms with Crippen molar-refractivity contribution in [1.82, 2.24) is 0 Å². The topological polar surface area (TPSA) is 42.2 Å². The maximum Gasteiger partial charge on any atom is 0.175 e. The van der Waals surface area contributed by atoms with Crippen LogP contribution in [-0.2, 0) is 6.61 Å². The third-order valence-electron chi connectivity index (χ3n) is 4.29. The smallest absolute Gasteiger partial charge is 0.175 e. The van der Waals surface area contributed by atoms with Crippen LogP contribution >= 0.6 is 62.3 Å². The van der Waals surface area contributed by atoms with E-state index in [0.29, 0.717) is 47.2 Å². The summed E-state index contributed by atoms with van der Waals surface area (Å²) in [5.41, 5.74) is 2.48. The molecule has 0 radical (unpaired) electrons. The van der Waals surface area contributed by atoms with Crippen molar-refractivity contribution in [2.45, 2.75) is 6.61 Å². The summed E-state index contributed by atoms with van der Waals surface area (Å²) in [7, 11) is 1.54. The highest BCUT2D eigenvalue weighted by atomic mass is 79.9. The Balaban J connectivity index is 1.92. The summed E-state index contributed by atoms with van der Waals surface area (Å²) in [6.45, 7) is 0.226. The van der Waals surface area contributed by atoms with E-state index in [9.17, 15) is 5.26 Å². The second kappa shape index (κ2) is 10.6. The Labute approximate surface area is 208 Å². The summed E-state index contributed by atoms with van der Waals surface area (Å²) in [6, 6.07) is 16.0. The summed E-state index contributed by atoms with van der Waals surface area (Å²) < 4.78 is 12.1. The number of halogens is 5. The first-order chi connectivity index (χ1) is 14.8. The van der Waals surface area contributed by atoms with E-state index in [1.165, 1.54) is 0 Å². The standard InChI is InChI=1S/C23H14BrCl4NO2/c1-30-22-8-13(6-15(11-29)18-5-4-17(26)10-21(18)28)7-19(24)23(22)31-12-14-2-3-16(25)9-20(14)27/h2-10H,12H2,1H3/b15-6+. The minimum atomic E-state index is 0.226. The number of ether oxygens (including phenoxy) is 2. The average molecular weight is 558 g/mol. The number of nitrogens with zero attached hydrogens (tertiary/aromatic N) is 1. The van der Waals surface area contributed by atoms with Crippen LogP contribution in [0.5, 0.6) is 11.5 Å². The fourth-order valence-corrected chi connectivity index (χ4v) is 4.34. The molecule has 0 atom stereocenters. The molecule has 31 heavy (non-hydrogen) atoms. The van der Waals surface area contributed by atoms with Gasteiger partial charge in [0.15, 0.2) is 11.5 Å². The first-order valence-electron chi connectivity index (χ1n) is 8.84. The number of hydrogen-bond donors (Lipinski definition) is 0. The number of rotatable bonds is 6. The molecule has 3 aromatic rings. The van der Waals surface area contributed by atoms with E-state index in [0.717, 1.165) is 11.1 Å². The second-order valence-electron chi connectivity index (χ2n) is 6.35. The van der Waals surface area contributed by atoms with Gasteiger partial charge in [0.25, 0.3) is 0 Å². The van der Waals surface area contributed by atoms with Crippen LogP contribution in [0.2, 0.25) is 20.1 Å². The lowest BCUT2D eigenvalue weighted by Crippen LogP contribution is -2.00. The molecule has 0 unspecified atom stereocenters. The third kappa shape index (κ3) is 5.88. The van der Waals surface area contributed by atoms with Gasteiger partial charge in [-0.15, -0.1) is 0 Å². The maximum atomic E-state index is 9.64. The van der Waals surface area contributed by atoms with Gasteiger partial charge < -0.3 is 9.47 Å². The lowest BCUT2D eigenvalue weighted by molar-refractivity contribution is 0.282. The van der Waals surface area contributed by atoms with Gasteiger partial charge in [0, 0.05) is 26.2 Å². The average Bonchev–Trinajstić information content (AvgIpc) is 2.72. The summed E-state index contributed by atoms with van der Waals surface area (Å²) in [5, 5.41) is 11.6. The van der Waals surface area contributed by atoms with Crippen LogP contribution < -0.4 is 9.47 Å². The Hall–Kier alpha value is -1.87. The molecule has 0 aliphatic heterocycles. The molecule has 0 fully saturated rings. The molecule has 3 rings (SSSR count). The zero-order valence-electron chi connectivity index (χ0n) is 16.1. The predicted octanol–water partition coefficient (Wildman–Crippen LogP) is 8.71. The zero-order chi connectivity index (χ0) is 22.5. The van der Waals surface area contributed by atoms with Crippen LogP contribution in [0.3, 0.4) is 0 Å². The van der Waals surface area contributed by atoms with Crippen molar-refractivity contribution in [3.05, 3.63) is 89.8 Å². The molecular weight excluding hydrogens is 544 g/mol. The van der Waals surface area contributed by atoms with Gasteiger partial charge in [-0.25, -0.2) is 0 Å². The highest BCUT2D eigenvalue weighted by molar-refractivity contribution is 9.10. The van der Waals surface area contributed by atoms with E-state index in [2.05, 4.69) is 22.0 Å². The quantitative estimate of drug-likeness (QED) is 0.225.